The van der Waals surface area contributed by atoms with Crippen molar-refractivity contribution in [3.63, 3.8) is 0 Å². The summed E-state index contributed by atoms with van der Waals surface area (Å²) >= 11 is 0. The van der Waals surface area contributed by atoms with Crippen LogP contribution in [0.2, 0.25) is 0 Å². The van der Waals surface area contributed by atoms with Gasteiger partial charge >= 0.3 is 0 Å². The van der Waals surface area contributed by atoms with E-state index in [1.54, 1.807) is 0 Å². The van der Waals surface area contributed by atoms with Crippen LogP contribution in [0.5, 0.6) is 0 Å². The standard InChI is InChI=1S/C12H24N2O2/c1-9(8-13)10(2)14-12(15)7-11-5-3-4-6-16-11/h9-11H,3-8,13H2,1-2H3,(H,14,15). The first-order valence-electron chi connectivity index (χ1n) is 6.24. The number of rotatable bonds is 5. The van der Waals surface area contributed by atoms with E-state index >= 15 is 0 Å². The first-order chi connectivity index (χ1) is 7.63. The summed E-state index contributed by atoms with van der Waals surface area (Å²) in [4.78, 5) is 11.7. The lowest BCUT2D eigenvalue weighted by molar-refractivity contribution is -0.125. The second-order valence-electron chi connectivity index (χ2n) is 4.76. The molecule has 94 valence electrons. The fraction of sp³-hybridized carbons (Fsp3) is 0.917. The molecule has 1 fully saturated rings. The summed E-state index contributed by atoms with van der Waals surface area (Å²) in [6, 6.07) is 0.140. The number of carbonyl (C=O) groups is 1. The summed E-state index contributed by atoms with van der Waals surface area (Å²) in [5.74, 6) is 0.399. The molecule has 0 spiro atoms. The van der Waals surface area contributed by atoms with Crippen molar-refractivity contribution in [2.24, 2.45) is 11.7 Å². The van der Waals surface area contributed by atoms with Crippen molar-refractivity contribution in [1.29, 1.82) is 0 Å². The topological polar surface area (TPSA) is 64.3 Å². The second-order valence-corrected chi connectivity index (χ2v) is 4.76. The van der Waals surface area contributed by atoms with Gasteiger partial charge in [-0.15, -0.1) is 0 Å². The maximum absolute atomic E-state index is 11.7. The third-order valence-electron chi connectivity index (χ3n) is 3.30. The van der Waals surface area contributed by atoms with Gasteiger partial charge in [0.25, 0.3) is 0 Å². The van der Waals surface area contributed by atoms with Crippen molar-refractivity contribution in [3.8, 4) is 0 Å². The van der Waals surface area contributed by atoms with E-state index in [2.05, 4.69) is 5.32 Å². The maximum atomic E-state index is 11.7. The lowest BCUT2D eigenvalue weighted by Crippen LogP contribution is -2.41. The number of carbonyl (C=O) groups excluding carboxylic acids is 1. The minimum Gasteiger partial charge on any atom is -0.378 e. The molecule has 0 aliphatic carbocycles. The van der Waals surface area contributed by atoms with E-state index in [0.29, 0.717) is 18.9 Å². The van der Waals surface area contributed by atoms with Crippen molar-refractivity contribution >= 4 is 5.91 Å². The predicted octanol–water partition coefficient (Wildman–Crippen LogP) is 1.05. The minimum absolute atomic E-state index is 0.0831. The SMILES string of the molecule is CC(CN)C(C)NC(=O)CC1CCCCO1. The highest BCUT2D eigenvalue weighted by Gasteiger charge is 2.19. The number of nitrogens with two attached hydrogens (primary N) is 1. The normalized spacial score (nSPS) is 24.8. The van der Waals surface area contributed by atoms with Gasteiger partial charge in [0, 0.05) is 12.6 Å². The quantitative estimate of drug-likeness (QED) is 0.739. The predicted molar refractivity (Wildman–Crippen MR) is 64.0 cm³/mol. The molecule has 16 heavy (non-hydrogen) atoms. The Morgan fingerprint density at radius 1 is 1.50 bits per heavy atom. The summed E-state index contributed by atoms with van der Waals surface area (Å²) in [6.07, 6.45) is 3.91. The molecule has 1 amide bonds. The van der Waals surface area contributed by atoms with Crippen molar-refractivity contribution in [1.82, 2.24) is 5.32 Å². The second kappa shape index (κ2) is 6.86. The summed E-state index contributed by atoms with van der Waals surface area (Å²) in [5.41, 5.74) is 5.56. The Morgan fingerprint density at radius 3 is 2.81 bits per heavy atom. The van der Waals surface area contributed by atoms with Gasteiger partial charge in [-0.1, -0.05) is 6.92 Å². The average Bonchev–Trinajstić information content (AvgIpc) is 2.29. The van der Waals surface area contributed by atoms with Crippen LogP contribution in [-0.2, 0) is 9.53 Å². The van der Waals surface area contributed by atoms with Crippen LogP contribution >= 0.6 is 0 Å². The average molecular weight is 228 g/mol. The smallest absolute Gasteiger partial charge is 0.222 e. The van der Waals surface area contributed by atoms with Gasteiger partial charge in [-0.05, 0) is 38.6 Å². The first-order valence-corrected chi connectivity index (χ1v) is 6.24. The fourth-order valence-electron chi connectivity index (χ4n) is 1.83. The molecule has 1 rings (SSSR count). The number of hydrogen-bond acceptors (Lipinski definition) is 3. The van der Waals surface area contributed by atoms with Gasteiger partial charge in [-0.3, -0.25) is 4.79 Å². The van der Waals surface area contributed by atoms with Crippen LogP contribution in [0.15, 0.2) is 0 Å². The van der Waals surface area contributed by atoms with E-state index in [0.717, 1.165) is 19.4 Å². The van der Waals surface area contributed by atoms with E-state index in [-0.39, 0.29) is 18.1 Å². The Kier molecular flexibility index (Phi) is 5.77. The molecule has 1 heterocycles. The molecule has 0 radical (unpaired) electrons. The third kappa shape index (κ3) is 4.49. The van der Waals surface area contributed by atoms with Crippen LogP contribution in [0.25, 0.3) is 0 Å². The van der Waals surface area contributed by atoms with Crippen molar-refractivity contribution < 1.29 is 9.53 Å². The van der Waals surface area contributed by atoms with Crippen LogP contribution in [-0.4, -0.2) is 31.2 Å². The number of ether oxygens (including phenoxy) is 1. The minimum atomic E-state index is 0.0831. The Morgan fingerprint density at radius 2 is 2.25 bits per heavy atom. The van der Waals surface area contributed by atoms with Crippen LogP contribution in [0.1, 0.15) is 39.5 Å². The van der Waals surface area contributed by atoms with Crippen molar-refractivity contribution in [2.45, 2.75) is 51.7 Å². The summed E-state index contributed by atoms with van der Waals surface area (Å²) in [7, 11) is 0. The van der Waals surface area contributed by atoms with Crippen LogP contribution in [0.4, 0.5) is 0 Å². The molecule has 0 bridgehead atoms. The third-order valence-corrected chi connectivity index (χ3v) is 3.30. The van der Waals surface area contributed by atoms with Gasteiger partial charge in [0.05, 0.1) is 12.5 Å². The highest BCUT2D eigenvalue weighted by atomic mass is 16.5. The number of hydrogen-bond donors (Lipinski definition) is 2. The van der Waals surface area contributed by atoms with E-state index in [1.165, 1.54) is 6.42 Å². The Balaban J connectivity index is 2.23. The first kappa shape index (κ1) is 13.5. The largest absolute Gasteiger partial charge is 0.378 e. The van der Waals surface area contributed by atoms with Gasteiger partial charge < -0.3 is 15.8 Å². The molecule has 4 nitrogen and oxygen atoms in total. The zero-order valence-electron chi connectivity index (χ0n) is 10.4. The maximum Gasteiger partial charge on any atom is 0.222 e. The van der Waals surface area contributed by atoms with Gasteiger partial charge in [0.2, 0.25) is 5.91 Å². The Labute approximate surface area is 97.9 Å². The lowest BCUT2D eigenvalue weighted by Gasteiger charge is -2.24. The molecular weight excluding hydrogens is 204 g/mol. The lowest BCUT2D eigenvalue weighted by atomic mass is 10.0. The van der Waals surface area contributed by atoms with E-state index < -0.39 is 0 Å². The van der Waals surface area contributed by atoms with Gasteiger partial charge in [0.1, 0.15) is 0 Å². The van der Waals surface area contributed by atoms with Crippen molar-refractivity contribution in [3.05, 3.63) is 0 Å². The zero-order valence-corrected chi connectivity index (χ0v) is 10.4. The highest BCUT2D eigenvalue weighted by molar-refractivity contribution is 5.76. The number of nitrogens with one attached hydrogen (secondary N) is 1. The molecule has 0 aromatic rings. The molecule has 1 aliphatic heterocycles. The number of amides is 1. The van der Waals surface area contributed by atoms with Crippen LogP contribution < -0.4 is 11.1 Å². The van der Waals surface area contributed by atoms with Crippen molar-refractivity contribution in [2.75, 3.05) is 13.2 Å². The molecule has 3 N–H and O–H groups in total. The van der Waals surface area contributed by atoms with Crippen LogP contribution in [0.3, 0.4) is 0 Å². The summed E-state index contributed by atoms with van der Waals surface area (Å²) in [6.45, 7) is 5.44. The molecule has 3 unspecified atom stereocenters. The molecule has 1 saturated heterocycles. The summed E-state index contributed by atoms with van der Waals surface area (Å²) < 4.78 is 5.53. The molecule has 0 aromatic carbocycles. The molecule has 1 aliphatic rings. The van der Waals surface area contributed by atoms with Gasteiger partial charge in [0.15, 0.2) is 0 Å². The molecule has 4 heteroatoms. The van der Waals surface area contributed by atoms with Crippen LogP contribution in [0, 0.1) is 5.92 Å². The highest BCUT2D eigenvalue weighted by Crippen LogP contribution is 2.15. The fourth-order valence-corrected chi connectivity index (χ4v) is 1.83. The Bertz CT molecular complexity index is 209. The van der Waals surface area contributed by atoms with E-state index in [4.69, 9.17) is 10.5 Å². The van der Waals surface area contributed by atoms with E-state index in [9.17, 15) is 4.79 Å². The van der Waals surface area contributed by atoms with E-state index in [1.807, 2.05) is 13.8 Å². The Hall–Kier alpha value is -0.610. The summed E-state index contributed by atoms with van der Waals surface area (Å²) in [5, 5.41) is 2.98. The van der Waals surface area contributed by atoms with Gasteiger partial charge in [-0.2, -0.15) is 0 Å². The molecule has 0 aromatic heterocycles. The van der Waals surface area contributed by atoms with Gasteiger partial charge in [-0.25, -0.2) is 0 Å². The molecular formula is C12H24N2O2. The molecule has 0 saturated carbocycles. The zero-order chi connectivity index (χ0) is 12.0. The molecule has 3 atom stereocenters. The monoisotopic (exact) mass is 228 g/mol.